The highest BCUT2D eigenvalue weighted by Gasteiger charge is 2.30. The summed E-state index contributed by atoms with van der Waals surface area (Å²) < 4.78 is 7.22. The predicted octanol–water partition coefficient (Wildman–Crippen LogP) is 3.66. The Morgan fingerprint density at radius 1 is 1.05 bits per heavy atom. The number of carbonyl (C=O) groups is 4. The number of ether oxygens (including phenoxy) is 1. The molecule has 2 heterocycles. The van der Waals surface area contributed by atoms with Crippen molar-refractivity contribution in [2.24, 2.45) is 7.05 Å². The van der Waals surface area contributed by atoms with Crippen LogP contribution in [0.1, 0.15) is 48.4 Å². The van der Waals surface area contributed by atoms with Gasteiger partial charge in [-0.1, -0.05) is 36.4 Å². The van der Waals surface area contributed by atoms with Crippen LogP contribution in [-0.4, -0.2) is 55.2 Å². The van der Waals surface area contributed by atoms with Crippen molar-refractivity contribution in [3.63, 3.8) is 0 Å². The molecule has 4 rings (SSSR count). The molecule has 4 N–H and O–H groups in total. The Hall–Kier alpha value is -4.78. The molecule has 0 aliphatic rings. The topological polar surface area (TPSA) is 165 Å². The zero-order valence-electron chi connectivity index (χ0n) is 22.9. The van der Waals surface area contributed by atoms with Gasteiger partial charge in [-0.05, 0) is 44.0 Å². The van der Waals surface area contributed by atoms with E-state index in [1.807, 2.05) is 29.8 Å². The Morgan fingerprint density at radius 2 is 1.78 bits per heavy atom. The minimum Gasteiger partial charge on any atom is -0.476 e. The highest BCUT2D eigenvalue weighted by Crippen LogP contribution is 2.22. The first-order valence-corrected chi connectivity index (χ1v) is 13.5. The van der Waals surface area contributed by atoms with Gasteiger partial charge in [-0.3, -0.25) is 9.59 Å². The number of nitrogens with zero attached hydrogens (tertiary/aromatic N) is 3. The maximum absolute atomic E-state index is 13.8. The molecule has 4 aromatic rings. The molecule has 2 atom stereocenters. The van der Waals surface area contributed by atoms with Crippen LogP contribution in [0, 0.1) is 0 Å². The zero-order chi connectivity index (χ0) is 29.7. The van der Waals surface area contributed by atoms with Gasteiger partial charge in [0.25, 0.3) is 0 Å². The summed E-state index contributed by atoms with van der Waals surface area (Å²) in [6.07, 6.45) is 0.944. The van der Waals surface area contributed by atoms with Gasteiger partial charge in [0.1, 0.15) is 17.7 Å². The van der Waals surface area contributed by atoms with Crippen molar-refractivity contribution in [1.29, 1.82) is 0 Å². The molecule has 0 saturated heterocycles. The van der Waals surface area contributed by atoms with Gasteiger partial charge in [0.05, 0.1) is 17.4 Å². The summed E-state index contributed by atoms with van der Waals surface area (Å²) in [5, 5.41) is 18.5. The number of aryl methyl sites for hydroxylation is 1. The minimum atomic E-state index is -1.23. The Kier molecular flexibility index (Phi) is 8.67. The summed E-state index contributed by atoms with van der Waals surface area (Å²) in [7, 11) is 1.84. The molecule has 214 valence electrons. The Labute approximate surface area is 239 Å². The number of hydrogen-bond donors (Lipinski definition) is 4. The van der Waals surface area contributed by atoms with Crippen molar-refractivity contribution in [1.82, 2.24) is 25.2 Å². The molecule has 12 nitrogen and oxygen atoms in total. The number of fused-ring (bicyclic) bond motifs is 1. The first kappa shape index (κ1) is 29.2. The first-order valence-electron chi connectivity index (χ1n) is 12.6. The molecule has 0 bridgehead atoms. The Morgan fingerprint density at radius 3 is 2.44 bits per heavy atom. The molecule has 0 saturated carbocycles. The molecule has 0 fully saturated rings. The lowest BCUT2D eigenvalue weighted by molar-refractivity contribution is -0.128. The number of aromatic carboxylic acids is 1. The van der Waals surface area contributed by atoms with E-state index in [1.54, 1.807) is 57.4 Å². The van der Waals surface area contributed by atoms with Crippen LogP contribution < -0.4 is 16.0 Å². The van der Waals surface area contributed by atoms with Gasteiger partial charge in [-0.15, -0.1) is 11.3 Å². The quantitative estimate of drug-likeness (QED) is 0.234. The number of carboxylic acid groups (broad SMARTS) is 1. The van der Waals surface area contributed by atoms with E-state index >= 15 is 0 Å². The monoisotopic (exact) mass is 578 g/mol. The van der Waals surface area contributed by atoms with Gasteiger partial charge in [-0.25, -0.2) is 19.6 Å². The van der Waals surface area contributed by atoms with E-state index in [1.165, 1.54) is 5.38 Å². The molecule has 3 amide bonds. The third-order valence-electron chi connectivity index (χ3n) is 5.88. The molecule has 2 aromatic heterocycles. The molecule has 13 heteroatoms. The van der Waals surface area contributed by atoms with Crippen LogP contribution in [0.15, 0.2) is 60.2 Å². The van der Waals surface area contributed by atoms with E-state index in [-0.39, 0.29) is 17.2 Å². The maximum Gasteiger partial charge on any atom is 0.408 e. The van der Waals surface area contributed by atoms with Crippen molar-refractivity contribution in [2.75, 3.05) is 5.32 Å². The fraction of sp³-hybridized carbons (Fsp3) is 0.286. The molecule has 41 heavy (non-hydrogen) atoms. The third-order valence-corrected chi connectivity index (χ3v) is 6.63. The summed E-state index contributed by atoms with van der Waals surface area (Å²) in [4.78, 5) is 59.3. The number of alkyl carbamates (subject to hydrolysis) is 1. The molecule has 0 spiro atoms. The average molecular weight is 579 g/mol. The van der Waals surface area contributed by atoms with Crippen molar-refractivity contribution >= 4 is 51.4 Å². The van der Waals surface area contributed by atoms with Gasteiger partial charge in [0, 0.05) is 18.8 Å². The van der Waals surface area contributed by atoms with Crippen molar-refractivity contribution in [3.05, 3.63) is 77.1 Å². The molecule has 0 radical (unpaired) electrons. The van der Waals surface area contributed by atoms with Gasteiger partial charge in [-0.2, -0.15) is 0 Å². The third kappa shape index (κ3) is 7.66. The maximum atomic E-state index is 13.8. The van der Waals surface area contributed by atoms with Crippen molar-refractivity contribution in [3.8, 4) is 0 Å². The number of nitrogens with one attached hydrogen (secondary N) is 3. The molecule has 0 aliphatic carbocycles. The van der Waals surface area contributed by atoms with Crippen LogP contribution >= 0.6 is 11.3 Å². The average Bonchev–Trinajstić information content (AvgIpc) is 3.53. The molecule has 0 aliphatic heterocycles. The lowest BCUT2D eigenvalue weighted by Crippen LogP contribution is -2.50. The fourth-order valence-corrected chi connectivity index (χ4v) is 4.68. The second-order valence-electron chi connectivity index (χ2n) is 10.3. The number of carboxylic acids is 1. The summed E-state index contributed by atoms with van der Waals surface area (Å²) in [5.41, 5.74) is 1.63. The zero-order valence-corrected chi connectivity index (χ0v) is 23.7. The number of aromatic nitrogens is 3. The molecule has 2 unspecified atom stereocenters. The van der Waals surface area contributed by atoms with Crippen LogP contribution in [0.4, 0.5) is 9.93 Å². The van der Waals surface area contributed by atoms with Crippen LogP contribution in [0.3, 0.4) is 0 Å². The number of rotatable bonds is 9. The van der Waals surface area contributed by atoms with Gasteiger partial charge >= 0.3 is 12.1 Å². The van der Waals surface area contributed by atoms with Crippen LogP contribution in [0.2, 0.25) is 0 Å². The lowest BCUT2D eigenvalue weighted by Gasteiger charge is -2.25. The summed E-state index contributed by atoms with van der Waals surface area (Å²) in [6, 6.07) is 11.9. The minimum absolute atomic E-state index is 0.0729. The van der Waals surface area contributed by atoms with E-state index in [0.29, 0.717) is 11.1 Å². The normalized spacial score (nSPS) is 12.8. The highest BCUT2D eigenvalue weighted by molar-refractivity contribution is 7.14. The second-order valence-corrected chi connectivity index (χ2v) is 11.1. The highest BCUT2D eigenvalue weighted by atomic mass is 32.1. The van der Waals surface area contributed by atoms with Gasteiger partial charge < -0.3 is 30.4 Å². The number of imidazole rings is 1. The van der Waals surface area contributed by atoms with Crippen LogP contribution in [-0.2, 0) is 27.8 Å². The number of thiazole rings is 1. The van der Waals surface area contributed by atoms with E-state index in [9.17, 15) is 19.2 Å². The lowest BCUT2D eigenvalue weighted by atomic mass is 10.0. The van der Waals surface area contributed by atoms with Crippen LogP contribution in [0.5, 0.6) is 0 Å². The SMILES string of the molecule is Cn1cnc2cc(C(NC(=O)OC(C)(C)C)C(=O)NC(Cc3ccccc3)C(=O)Nc3nc(C(=O)O)cs3)ccc21. The summed E-state index contributed by atoms with van der Waals surface area (Å²) in [6.45, 7) is 5.11. The Bertz CT molecular complexity index is 1580. The Balaban J connectivity index is 1.63. The number of benzene rings is 2. The van der Waals surface area contributed by atoms with Gasteiger partial charge in [0.2, 0.25) is 11.8 Å². The second kappa shape index (κ2) is 12.2. The number of anilines is 1. The van der Waals surface area contributed by atoms with E-state index in [2.05, 4.69) is 25.9 Å². The summed E-state index contributed by atoms with van der Waals surface area (Å²) >= 11 is 0.950. The largest absolute Gasteiger partial charge is 0.476 e. The smallest absolute Gasteiger partial charge is 0.408 e. The molecule has 2 aromatic carbocycles. The molecular weight excluding hydrogens is 548 g/mol. The van der Waals surface area contributed by atoms with Crippen LogP contribution in [0.25, 0.3) is 11.0 Å². The summed E-state index contributed by atoms with van der Waals surface area (Å²) in [5.74, 6) is -2.49. The van der Waals surface area contributed by atoms with Gasteiger partial charge in [0.15, 0.2) is 10.8 Å². The van der Waals surface area contributed by atoms with E-state index in [0.717, 1.165) is 22.4 Å². The van der Waals surface area contributed by atoms with Crippen molar-refractivity contribution in [2.45, 2.75) is 44.9 Å². The fourth-order valence-electron chi connectivity index (χ4n) is 3.99. The number of amides is 3. The number of hydrogen-bond acceptors (Lipinski definition) is 8. The van der Waals surface area contributed by atoms with E-state index < -0.39 is 41.6 Å². The van der Waals surface area contributed by atoms with E-state index in [4.69, 9.17) is 9.84 Å². The van der Waals surface area contributed by atoms with Crippen molar-refractivity contribution < 1.29 is 29.0 Å². The number of carbonyl (C=O) groups excluding carboxylic acids is 3. The molecular formula is C28H30N6O6S. The predicted molar refractivity (Wildman–Crippen MR) is 153 cm³/mol. The standard InChI is InChI=1S/C28H30N6O6S/c1-28(2,3)40-27(39)32-22(17-10-11-21-18(13-17)29-15-34(21)4)24(36)30-19(12-16-8-6-5-7-9-16)23(35)33-26-31-20(14-41-26)25(37)38/h5-11,13-15,19,22H,12H2,1-4H3,(H,30,36)(H,32,39)(H,37,38)(H,31,33,35). The first-order chi connectivity index (χ1) is 19.4.